The highest BCUT2D eigenvalue weighted by Crippen LogP contribution is 2.26. The topological polar surface area (TPSA) is 82.4 Å². The van der Waals surface area contributed by atoms with E-state index >= 15 is 0 Å². The summed E-state index contributed by atoms with van der Waals surface area (Å²) in [7, 11) is 0. The molecule has 2 aromatic heterocycles. The Balaban J connectivity index is 1.78. The van der Waals surface area contributed by atoms with Crippen LogP contribution >= 0.6 is 0 Å². The van der Waals surface area contributed by atoms with Gasteiger partial charge in [-0.1, -0.05) is 24.3 Å². The first-order valence-corrected chi connectivity index (χ1v) is 9.05. The lowest BCUT2D eigenvalue weighted by molar-refractivity contribution is -0.384. The van der Waals surface area contributed by atoms with Gasteiger partial charge in [-0.15, -0.1) is 6.58 Å². The van der Waals surface area contributed by atoms with Crippen molar-refractivity contribution in [1.82, 2.24) is 14.2 Å². The molecule has 0 atom stereocenters. The number of aromatic nitrogens is 3. The minimum Gasteiger partial charge on any atom is -0.320 e. The summed E-state index contributed by atoms with van der Waals surface area (Å²) >= 11 is 0. The van der Waals surface area contributed by atoms with Crippen LogP contribution in [0.2, 0.25) is 0 Å². The molecule has 4 aromatic rings. The summed E-state index contributed by atoms with van der Waals surface area (Å²) in [6.45, 7) is 6.19. The van der Waals surface area contributed by atoms with Crippen molar-refractivity contribution >= 4 is 34.2 Å². The van der Waals surface area contributed by atoms with Gasteiger partial charge in [0.15, 0.2) is 5.78 Å². The van der Waals surface area contributed by atoms with Crippen LogP contribution in [0.5, 0.6) is 0 Å². The van der Waals surface area contributed by atoms with Crippen LogP contribution < -0.4 is 0 Å². The van der Waals surface area contributed by atoms with Gasteiger partial charge in [0.05, 0.1) is 27.2 Å². The van der Waals surface area contributed by atoms with Gasteiger partial charge >= 0.3 is 0 Å². The van der Waals surface area contributed by atoms with Gasteiger partial charge in [-0.2, -0.15) is 5.10 Å². The second-order valence-electron chi connectivity index (χ2n) is 6.63. The summed E-state index contributed by atoms with van der Waals surface area (Å²) in [6.07, 6.45) is 4.91. The van der Waals surface area contributed by atoms with E-state index in [4.69, 9.17) is 0 Å². The monoisotopic (exact) mass is 386 g/mol. The molecule has 0 amide bonds. The predicted molar refractivity (Wildman–Crippen MR) is 112 cm³/mol. The lowest BCUT2D eigenvalue weighted by Gasteiger charge is -2.03. The Labute approximate surface area is 166 Å². The highest BCUT2D eigenvalue weighted by atomic mass is 16.6. The maximum atomic E-state index is 13.0. The molecule has 0 aliphatic rings. The molecule has 144 valence electrons. The molecule has 0 unspecified atom stereocenters. The molecule has 0 N–H and O–H groups in total. The number of allylic oxidation sites excluding steroid dienone is 2. The molecule has 29 heavy (non-hydrogen) atoms. The zero-order valence-corrected chi connectivity index (χ0v) is 15.8. The van der Waals surface area contributed by atoms with Gasteiger partial charge in [0.25, 0.3) is 5.69 Å². The number of nitro groups is 1. The highest BCUT2D eigenvalue weighted by Gasteiger charge is 2.21. The van der Waals surface area contributed by atoms with E-state index in [1.165, 1.54) is 18.2 Å². The average Bonchev–Trinajstić information content (AvgIpc) is 3.21. The SMILES string of the molecule is C=CCn1c2ccccc2n2nc(C)c(C(=O)/C=C/c3ccc([N+](=O)[O-])cc3)c12. The van der Waals surface area contributed by atoms with Crippen LogP contribution in [0.25, 0.3) is 22.8 Å². The van der Waals surface area contributed by atoms with E-state index in [9.17, 15) is 14.9 Å². The summed E-state index contributed by atoms with van der Waals surface area (Å²) in [4.78, 5) is 23.4. The molecule has 0 saturated heterocycles. The zero-order chi connectivity index (χ0) is 20.5. The lowest BCUT2D eigenvalue weighted by Crippen LogP contribution is -2.02. The Kier molecular flexibility index (Phi) is 4.56. The largest absolute Gasteiger partial charge is 0.320 e. The molecule has 7 heteroatoms. The summed E-state index contributed by atoms with van der Waals surface area (Å²) in [6, 6.07) is 13.9. The third-order valence-corrected chi connectivity index (χ3v) is 4.78. The molecule has 2 heterocycles. The van der Waals surface area contributed by atoms with Crippen molar-refractivity contribution in [1.29, 1.82) is 0 Å². The molecule has 0 aliphatic carbocycles. The van der Waals surface area contributed by atoms with E-state index < -0.39 is 4.92 Å². The molecule has 0 saturated carbocycles. The number of para-hydroxylation sites is 2. The van der Waals surface area contributed by atoms with Crippen LogP contribution in [0.15, 0.2) is 67.3 Å². The third kappa shape index (κ3) is 3.12. The van der Waals surface area contributed by atoms with Crippen LogP contribution in [-0.4, -0.2) is 24.9 Å². The number of nitro benzene ring substituents is 1. The van der Waals surface area contributed by atoms with Crippen molar-refractivity contribution < 1.29 is 9.72 Å². The number of benzene rings is 2. The standard InChI is InChI=1S/C22H18N4O3/c1-3-14-24-18-6-4-5-7-19(18)25-22(24)21(15(2)23-25)20(27)13-10-16-8-11-17(12-9-16)26(28)29/h3-13H,1,14H2,2H3/b13-10+. The number of rotatable bonds is 6. The molecule has 4 rings (SSSR count). The Bertz CT molecular complexity index is 1290. The highest BCUT2D eigenvalue weighted by molar-refractivity contribution is 6.12. The van der Waals surface area contributed by atoms with E-state index in [2.05, 4.69) is 11.7 Å². The van der Waals surface area contributed by atoms with Gasteiger partial charge in [0.2, 0.25) is 0 Å². The molecule has 0 spiro atoms. The number of carbonyl (C=O) groups is 1. The summed E-state index contributed by atoms with van der Waals surface area (Å²) in [5.74, 6) is -0.177. The fraction of sp³-hybridized carbons (Fsp3) is 0.0909. The number of hydrogen-bond acceptors (Lipinski definition) is 4. The number of aryl methyl sites for hydroxylation is 1. The Morgan fingerprint density at radius 2 is 1.86 bits per heavy atom. The van der Waals surface area contributed by atoms with Crippen molar-refractivity contribution in [2.24, 2.45) is 0 Å². The zero-order valence-electron chi connectivity index (χ0n) is 15.8. The second-order valence-corrected chi connectivity index (χ2v) is 6.63. The van der Waals surface area contributed by atoms with Gasteiger partial charge in [0, 0.05) is 18.7 Å². The Hall–Kier alpha value is -4.00. The normalized spacial score (nSPS) is 11.5. The maximum absolute atomic E-state index is 13.0. The van der Waals surface area contributed by atoms with E-state index in [0.717, 1.165) is 16.7 Å². The smallest absolute Gasteiger partial charge is 0.269 e. The molecule has 0 radical (unpaired) electrons. The van der Waals surface area contributed by atoms with Gasteiger partial charge in [-0.05, 0) is 42.8 Å². The van der Waals surface area contributed by atoms with Crippen LogP contribution in [0.3, 0.4) is 0 Å². The summed E-state index contributed by atoms with van der Waals surface area (Å²) in [5, 5.41) is 15.4. The molecule has 0 bridgehead atoms. The van der Waals surface area contributed by atoms with Crippen LogP contribution in [0, 0.1) is 17.0 Å². The number of nitrogens with zero attached hydrogens (tertiary/aromatic N) is 4. The van der Waals surface area contributed by atoms with Gasteiger partial charge in [-0.25, -0.2) is 4.52 Å². The number of hydrogen-bond donors (Lipinski definition) is 0. The van der Waals surface area contributed by atoms with E-state index in [0.29, 0.717) is 23.4 Å². The Morgan fingerprint density at radius 3 is 2.52 bits per heavy atom. The van der Waals surface area contributed by atoms with Crippen LogP contribution in [0.4, 0.5) is 5.69 Å². The fourth-order valence-corrected chi connectivity index (χ4v) is 3.48. The van der Waals surface area contributed by atoms with Gasteiger partial charge in [-0.3, -0.25) is 14.9 Å². The first kappa shape index (κ1) is 18.4. The first-order valence-electron chi connectivity index (χ1n) is 9.05. The Morgan fingerprint density at radius 1 is 1.17 bits per heavy atom. The molecule has 0 fully saturated rings. The number of non-ortho nitro benzene ring substituents is 1. The second kappa shape index (κ2) is 7.20. The molecule has 7 nitrogen and oxygen atoms in total. The van der Waals surface area contributed by atoms with E-state index in [-0.39, 0.29) is 11.5 Å². The number of carbonyl (C=O) groups excluding carboxylic acids is 1. The van der Waals surface area contributed by atoms with Crippen molar-refractivity contribution in [2.45, 2.75) is 13.5 Å². The first-order chi connectivity index (χ1) is 14.0. The van der Waals surface area contributed by atoms with Crippen molar-refractivity contribution in [3.63, 3.8) is 0 Å². The number of fused-ring (bicyclic) bond motifs is 3. The fourth-order valence-electron chi connectivity index (χ4n) is 3.48. The quantitative estimate of drug-likeness (QED) is 0.160. The predicted octanol–water partition coefficient (Wildman–Crippen LogP) is 4.59. The van der Waals surface area contributed by atoms with E-state index in [1.807, 2.05) is 35.8 Å². The molecular weight excluding hydrogens is 368 g/mol. The van der Waals surface area contributed by atoms with E-state index in [1.54, 1.807) is 28.8 Å². The van der Waals surface area contributed by atoms with Gasteiger partial charge in [0.1, 0.15) is 5.65 Å². The molecule has 2 aromatic carbocycles. The third-order valence-electron chi connectivity index (χ3n) is 4.78. The lowest BCUT2D eigenvalue weighted by atomic mass is 10.1. The van der Waals surface area contributed by atoms with Crippen molar-refractivity contribution in [3.05, 3.63) is 94.2 Å². The number of ketones is 1. The van der Waals surface area contributed by atoms with Crippen molar-refractivity contribution in [3.8, 4) is 0 Å². The summed E-state index contributed by atoms with van der Waals surface area (Å²) in [5.41, 5.74) is 4.51. The minimum absolute atomic E-state index is 0.0107. The molecular formula is C22H18N4O3. The van der Waals surface area contributed by atoms with Crippen LogP contribution in [0.1, 0.15) is 21.6 Å². The van der Waals surface area contributed by atoms with Gasteiger partial charge < -0.3 is 4.57 Å². The van der Waals surface area contributed by atoms with Crippen LogP contribution in [-0.2, 0) is 6.54 Å². The minimum atomic E-state index is -0.454. The summed E-state index contributed by atoms with van der Waals surface area (Å²) < 4.78 is 3.82. The average molecular weight is 386 g/mol. The van der Waals surface area contributed by atoms with Crippen molar-refractivity contribution in [2.75, 3.05) is 0 Å². The molecule has 0 aliphatic heterocycles. The number of imidazole rings is 1. The maximum Gasteiger partial charge on any atom is 0.269 e.